The summed E-state index contributed by atoms with van der Waals surface area (Å²) in [6, 6.07) is 57.1. The molecule has 0 saturated heterocycles. The number of ether oxygens (including phenoxy) is 1. The Morgan fingerprint density at radius 1 is 0.320 bits per heavy atom. The lowest BCUT2D eigenvalue weighted by atomic mass is 9.87. The van der Waals surface area contributed by atoms with Gasteiger partial charge in [0.05, 0.1) is 0 Å². The molecule has 12 rings (SSSR count). The fraction of sp³-hybridized carbons (Fsp3) is 0. The topological polar surface area (TPSA) is 22.4 Å². The van der Waals surface area contributed by atoms with Crippen molar-refractivity contribution in [3.63, 3.8) is 0 Å². The van der Waals surface area contributed by atoms with E-state index < -0.39 is 0 Å². The summed E-state index contributed by atoms with van der Waals surface area (Å²) in [6.45, 7) is 0. The molecule has 230 valence electrons. The third-order valence-corrected chi connectivity index (χ3v) is 11.0. The predicted octanol–water partition coefficient (Wildman–Crippen LogP) is 13.9. The Balaban J connectivity index is 1.21. The normalized spacial score (nSPS) is 12.6. The Labute approximate surface area is 286 Å². The summed E-state index contributed by atoms with van der Waals surface area (Å²) in [4.78, 5) is 0. The quantitative estimate of drug-likeness (QED) is 0.177. The van der Waals surface area contributed by atoms with Crippen LogP contribution in [-0.2, 0) is 0 Å². The van der Waals surface area contributed by atoms with Crippen LogP contribution >= 0.6 is 0 Å². The zero-order valence-corrected chi connectivity index (χ0v) is 26.8. The predicted molar refractivity (Wildman–Crippen MR) is 209 cm³/mol. The Bertz CT molecular complexity index is 3220. The van der Waals surface area contributed by atoms with Crippen molar-refractivity contribution in [2.24, 2.45) is 0 Å². The van der Waals surface area contributed by atoms with E-state index in [2.05, 4.69) is 152 Å². The van der Waals surface area contributed by atoms with Crippen molar-refractivity contribution in [2.75, 3.05) is 0 Å². The fourth-order valence-electron chi connectivity index (χ4n) is 8.75. The van der Waals surface area contributed by atoms with E-state index in [1.165, 1.54) is 48.8 Å². The lowest BCUT2D eigenvalue weighted by Crippen LogP contribution is -1.99. The molecule has 1 aliphatic rings. The maximum absolute atomic E-state index is 7.01. The summed E-state index contributed by atoms with van der Waals surface area (Å²) >= 11 is 0. The number of hydrogen-bond donors (Lipinski definition) is 0. The number of hydrogen-bond acceptors (Lipinski definition) is 2. The Morgan fingerprint density at radius 2 is 0.900 bits per heavy atom. The highest BCUT2D eigenvalue weighted by atomic mass is 16.5. The molecule has 2 heteroatoms. The second-order valence-electron chi connectivity index (χ2n) is 13.6. The summed E-state index contributed by atoms with van der Waals surface area (Å²) < 4.78 is 13.8. The SMILES string of the molecule is c1ccc2c(c1)Oc1c(-c3ccc(-c4ccc5ccc6cccc7ccc4c5c67)c4c3oc3cc5ccccc5cc34)ccc3cccc-2c13. The number of furan rings is 1. The summed E-state index contributed by atoms with van der Waals surface area (Å²) in [5.74, 6) is 1.75. The molecule has 0 atom stereocenters. The molecule has 0 radical (unpaired) electrons. The van der Waals surface area contributed by atoms with E-state index in [0.29, 0.717) is 0 Å². The highest BCUT2D eigenvalue weighted by molar-refractivity contribution is 6.28. The molecule has 1 aliphatic heterocycles. The standard InChI is InChI=1S/C48H26O2/c1-2-8-32-26-42-40(25-31(32)7-1)46-37(33-20-17-30-16-15-27-9-5-10-28-18-21-36(33)44(30)43(27)28)23-24-39(48(46)50-42)38-22-19-29-11-6-13-35-34-12-3-4-14-41(34)49-47(38)45(29)35/h1-26H. The van der Waals surface area contributed by atoms with Crippen molar-refractivity contribution in [1.29, 1.82) is 0 Å². The van der Waals surface area contributed by atoms with Crippen LogP contribution in [0, 0.1) is 0 Å². The lowest BCUT2D eigenvalue weighted by Gasteiger charge is -2.23. The summed E-state index contributed by atoms with van der Waals surface area (Å²) in [6.07, 6.45) is 0. The van der Waals surface area contributed by atoms with Crippen LogP contribution in [0.4, 0.5) is 0 Å². The van der Waals surface area contributed by atoms with Gasteiger partial charge < -0.3 is 9.15 Å². The first kappa shape index (κ1) is 26.3. The van der Waals surface area contributed by atoms with Gasteiger partial charge in [-0.25, -0.2) is 0 Å². The lowest BCUT2D eigenvalue weighted by molar-refractivity contribution is 0.488. The first-order chi connectivity index (χ1) is 24.8. The molecular formula is C48H26O2. The molecule has 0 bridgehead atoms. The molecule has 50 heavy (non-hydrogen) atoms. The fourth-order valence-corrected chi connectivity index (χ4v) is 8.75. The van der Waals surface area contributed by atoms with Gasteiger partial charge in [0.2, 0.25) is 0 Å². The molecule has 0 aliphatic carbocycles. The van der Waals surface area contributed by atoms with E-state index in [1.54, 1.807) is 0 Å². The number of para-hydroxylation sites is 1. The van der Waals surface area contributed by atoms with Gasteiger partial charge in [0.25, 0.3) is 0 Å². The minimum absolute atomic E-state index is 0.869. The highest BCUT2D eigenvalue weighted by Crippen LogP contribution is 2.53. The Morgan fingerprint density at radius 3 is 1.76 bits per heavy atom. The van der Waals surface area contributed by atoms with Crippen LogP contribution in [-0.4, -0.2) is 0 Å². The molecule has 1 aromatic heterocycles. The molecule has 0 fully saturated rings. The number of rotatable bonds is 2. The zero-order valence-electron chi connectivity index (χ0n) is 26.8. The van der Waals surface area contributed by atoms with Crippen LogP contribution in [0.2, 0.25) is 0 Å². The molecule has 0 saturated carbocycles. The summed E-state index contributed by atoms with van der Waals surface area (Å²) in [5, 5.41) is 14.6. The van der Waals surface area contributed by atoms with Crippen molar-refractivity contribution in [1.82, 2.24) is 0 Å². The van der Waals surface area contributed by atoms with Crippen molar-refractivity contribution in [2.45, 2.75) is 0 Å². The second-order valence-corrected chi connectivity index (χ2v) is 13.6. The number of benzene rings is 10. The van der Waals surface area contributed by atoms with Gasteiger partial charge in [-0.3, -0.25) is 0 Å². The van der Waals surface area contributed by atoms with E-state index in [9.17, 15) is 0 Å². The largest absolute Gasteiger partial charge is 0.455 e. The first-order valence-electron chi connectivity index (χ1n) is 17.2. The number of fused-ring (bicyclic) bond motifs is 6. The third-order valence-electron chi connectivity index (χ3n) is 11.0. The molecule has 0 unspecified atom stereocenters. The van der Waals surface area contributed by atoms with E-state index in [0.717, 1.165) is 71.8 Å². The van der Waals surface area contributed by atoms with Crippen LogP contribution in [0.3, 0.4) is 0 Å². The summed E-state index contributed by atoms with van der Waals surface area (Å²) in [5.41, 5.74) is 8.47. The third kappa shape index (κ3) is 3.42. The Kier molecular flexibility index (Phi) is 5.00. The monoisotopic (exact) mass is 634 g/mol. The van der Waals surface area contributed by atoms with Gasteiger partial charge in [-0.1, -0.05) is 127 Å². The molecule has 11 aromatic rings. The molecule has 2 nitrogen and oxygen atoms in total. The minimum Gasteiger partial charge on any atom is -0.455 e. The first-order valence-corrected chi connectivity index (χ1v) is 17.2. The zero-order chi connectivity index (χ0) is 32.5. The Hall–Kier alpha value is -6.64. The molecule has 0 amide bonds. The molecule has 10 aromatic carbocycles. The second kappa shape index (κ2) is 9.49. The minimum atomic E-state index is 0.869. The van der Waals surface area contributed by atoms with Crippen LogP contribution in [0.5, 0.6) is 11.5 Å². The van der Waals surface area contributed by atoms with E-state index >= 15 is 0 Å². The van der Waals surface area contributed by atoms with E-state index in [-0.39, 0.29) is 0 Å². The smallest absolute Gasteiger partial charge is 0.144 e. The van der Waals surface area contributed by atoms with Gasteiger partial charge in [0.15, 0.2) is 0 Å². The van der Waals surface area contributed by atoms with Crippen LogP contribution in [0.25, 0.3) is 109 Å². The van der Waals surface area contributed by atoms with Gasteiger partial charge in [0, 0.05) is 32.8 Å². The van der Waals surface area contributed by atoms with Crippen molar-refractivity contribution in [3.8, 4) is 44.9 Å². The molecule has 0 spiro atoms. The van der Waals surface area contributed by atoms with Gasteiger partial charge >= 0.3 is 0 Å². The maximum Gasteiger partial charge on any atom is 0.144 e. The molecular weight excluding hydrogens is 609 g/mol. The van der Waals surface area contributed by atoms with Gasteiger partial charge in [-0.2, -0.15) is 0 Å². The van der Waals surface area contributed by atoms with Crippen molar-refractivity contribution >= 4 is 75.8 Å². The maximum atomic E-state index is 7.01. The average molecular weight is 635 g/mol. The van der Waals surface area contributed by atoms with Crippen molar-refractivity contribution in [3.05, 3.63) is 158 Å². The van der Waals surface area contributed by atoms with Gasteiger partial charge in [-0.15, -0.1) is 0 Å². The van der Waals surface area contributed by atoms with Crippen LogP contribution in [0.1, 0.15) is 0 Å². The van der Waals surface area contributed by atoms with Gasteiger partial charge in [0.1, 0.15) is 22.7 Å². The molecule has 0 N–H and O–H groups in total. The highest BCUT2D eigenvalue weighted by Gasteiger charge is 2.26. The summed E-state index contributed by atoms with van der Waals surface area (Å²) in [7, 11) is 0. The van der Waals surface area contributed by atoms with E-state index in [1.807, 2.05) is 6.07 Å². The molecule has 2 heterocycles. The van der Waals surface area contributed by atoms with E-state index in [4.69, 9.17) is 9.15 Å². The van der Waals surface area contributed by atoms with Crippen LogP contribution < -0.4 is 4.74 Å². The van der Waals surface area contributed by atoms with Gasteiger partial charge in [-0.05, 0) is 95.5 Å². The average Bonchev–Trinajstić information content (AvgIpc) is 3.54. The van der Waals surface area contributed by atoms with Crippen LogP contribution in [0.15, 0.2) is 162 Å². The van der Waals surface area contributed by atoms with Crippen molar-refractivity contribution < 1.29 is 9.15 Å².